The molecule has 1 heterocycles. The van der Waals surface area contributed by atoms with Gasteiger partial charge in [-0.25, -0.2) is 0 Å². The molecule has 0 bridgehead atoms. The highest BCUT2D eigenvalue weighted by molar-refractivity contribution is 5.05. The Labute approximate surface area is 84.3 Å². The molecule has 1 aliphatic rings. The summed E-state index contributed by atoms with van der Waals surface area (Å²) >= 11 is 0. The highest BCUT2D eigenvalue weighted by Gasteiger charge is 2.24. The van der Waals surface area contributed by atoms with Crippen LogP contribution in [0.3, 0.4) is 0 Å². The molecule has 1 N–H and O–H groups in total. The Kier molecular flexibility index (Phi) is 3.22. The van der Waals surface area contributed by atoms with E-state index in [2.05, 4.69) is 4.90 Å². The van der Waals surface area contributed by atoms with Crippen molar-refractivity contribution in [1.82, 2.24) is 4.90 Å². The molecule has 14 heavy (non-hydrogen) atoms. The van der Waals surface area contributed by atoms with Crippen molar-refractivity contribution < 1.29 is 9.52 Å². The maximum atomic E-state index is 8.93. The SMILES string of the molecule is OCCN(Cc1ccoc1)CC1CC1. The summed E-state index contributed by atoms with van der Waals surface area (Å²) < 4.78 is 5.02. The molecule has 0 spiro atoms. The zero-order valence-electron chi connectivity index (χ0n) is 8.35. The fourth-order valence-corrected chi connectivity index (χ4v) is 1.68. The summed E-state index contributed by atoms with van der Waals surface area (Å²) in [4.78, 5) is 2.29. The minimum Gasteiger partial charge on any atom is -0.472 e. The van der Waals surface area contributed by atoms with Gasteiger partial charge in [0.05, 0.1) is 19.1 Å². The molecule has 0 radical (unpaired) electrons. The fourth-order valence-electron chi connectivity index (χ4n) is 1.68. The Balaban J connectivity index is 1.82. The van der Waals surface area contributed by atoms with Gasteiger partial charge in [-0.15, -0.1) is 0 Å². The molecule has 0 amide bonds. The molecule has 3 nitrogen and oxygen atoms in total. The van der Waals surface area contributed by atoms with E-state index < -0.39 is 0 Å². The van der Waals surface area contributed by atoms with Crippen molar-refractivity contribution in [3.8, 4) is 0 Å². The second-order valence-corrected chi connectivity index (χ2v) is 4.03. The van der Waals surface area contributed by atoms with Crippen molar-refractivity contribution in [3.05, 3.63) is 24.2 Å². The van der Waals surface area contributed by atoms with E-state index in [4.69, 9.17) is 9.52 Å². The number of rotatable bonds is 6. The molecule has 1 saturated carbocycles. The van der Waals surface area contributed by atoms with Crippen LogP contribution in [0.5, 0.6) is 0 Å². The molecule has 1 fully saturated rings. The molecular weight excluding hydrogens is 178 g/mol. The van der Waals surface area contributed by atoms with Crippen LogP contribution in [0.4, 0.5) is 0 Å². The number of hydrogen-bond donors (Lipinski definition) is 1. The average Bonchev–Trinajstić information content (AvgIpc) is 2.81. The van der Waals surface area contributed by atoms with Crippen LogP contribution in [0.2, 0.25) is 0 Å². The minimum atomic E-state index is 0.241. The van der Waals surface area contributed by atoms with Gasteiger partial charge in [0, 0.05) is 25.2 Å². The van der Waals surface area contributed by atoms with E-state index in [9.17, 15) is 0 Å². The summed E-state index contributed by atoms with van der Waals surface area (Å²) in [5, 5.41) is 8.93. The molecule has 0 atom stereocenters. The third-order valence-electron chi connectivity index (χ3n) is 2.62. The molecule has 0 aliphatic heterocycles. The first-order valence-electron chi connectivity index (χ1n) is 5.23. The predicted octanol–water partition coefficient (Wildman–Crippen LogP) is 1.48. The van der Waals surface area contributed by atoms with E-state index in [1.165, 1.54) is 18.4 Å². The van der Waals surface area contributed by atoms with Crippen LogP contribution in [-0.4, -0.2) is 29.7 Å². The first-order valence-corrected chi connectivity index (χ1v) is 5.23. The second-order valence-electron chi connectivity index (χ2n) is 4.03. The number of hydrogen-bond acceptors (Lipinski definition) is 3. The van der Waals surface area contributed by atoms with Crippen LogP contribution >= 0.6 is 0 Å². The summed E-state index contributed by atoms with van der Waals surface area (Å²) in [6, 6.07) is 1.98. The second kappa shape index (κ2) is 4.62. The van der Waals surface area contributed by atoms with E-state index in [1.807, 2.05) is 6.07 Å². The van der Waals surface area contributed by atoms with Crippen LogP contribution in [0, 0.1) is 5.92 Å². The lowest BCUT2D eigenvalue weighted by atomic mass is 10.3. The maximum Gasteiger partial charge on any atom is 0.0947 e. The van der Waals surface area contributed by atoms with Gasteiger partial charge in [-0.3, -0.25) is 4.90 Å². The Morgan fingerprint density at radius 2 is 2.36 bits per heavy atom. The number of furan rings is 1. The normalized spacial score (nSPS) is 16.4. The smallest absolute Gasteiger partial charge is 0.0947 e. The van der Waals surface area contributed by atoms with Gasteiger partial charge in [0.2, 0.25) is 0 Å². The van der Waals surface area contributed by atoms with Crippen molar-refractivity contribution in [1.29, 1.82) is 0 Å². The van der Waals surface area contributed by atoms with Crippen molar-refractivity contribution >= 4 is 0 Å². The Bertz CT molecular complexity index is 254. The first-order chi connectivity index (χ1) is 6.88. The molecule has 0 saturated heterocycles. The van der Waals surface area contributed by atoms with Crippen LogP contribution in [-0.2, 0) is 6.54 Å². The predicted molar refractivity (Wildman–Crippen MR) is 53.8 cm³/mol. The Morgan fingerprint density at radius 3 is 2.93 bits per heavy atom. The molecule has 3 heteroatoms. The lowest BCUT2D eigenvalue weighted by Gasteiger charge is -2.19. The summed E-state index contributed by atoms with van der Waals surface area (Å²) in [7, 11) is 0. The summed E-state index contributed by atoms with van der Waals surface area (Å²) in [5.41, 5.74) is 1.19. The standard InChI is InChI=1S/C11H17NO2/c13-5-4-12(7-10-1-2-10)8-11-3-6-14-9-11/h3,6,9-10,13H,1-2,4-5,7-8H2. The van der Waals surface area contributed by atoms with E-state index in [0.29, 0.717) is 0 Å². The lowest BCUT2D eigenvalue weighted by Crippen LogP contribution is -2.28. The van der Waals surface area contributed by atoms with Crippen molar-refractivity contribution in [2.75, 3.05) is 19.7 Å². The van der Waals surface area contributed by atoms with Crippen molar-refractivity contribution in [2.45, 2.75) is 19.4 Å². The maximum absolute atomic E-state index is 8.93. The zero-order chi connectivity index (χ0) is 9.80. The van der Waals surface area contributed by atoms with Gasteiger partial charge in [0.25, 0.3) is 0 Å². The van der Waals surface area contributed by atoms with E-state index in [0.717, 1.165) is 25.6 Å². The van der Waals surface area contributed by atoms with Crippen LogP contribution < -0.4 is 0 Å². The molecule has 0 unspecified atom stereocenters. The molecule has 1 aromatic rings. The number of aliphatic hydroxyl groups is 1. The largest absolute Gasteiger partial charge is 0.472 e. The third kappa shape index (κ3) is 2.86. The highest BCUT2D eigenvalue weighted by atomic mass is 16.3. The summed E-state index contributed by atoms with van der Waals surface area (Å²) in [6.45, 7) is 3.02. The van der Waals surface area contributed by atoms with Gasteiger partial charge in [0.1, 0.15) is 0 Å². The van der Waals surface area contributed by atoms with Gasteiger partial charge in [-0.1, -0.05) is 0 Å². The molecule has 1 aromatic heterocycles. The first kappa shape index (κ1) is 9.74. The summed E-state index contributed by atoms with van der Waals surface area (Å²) in [6.07, 6.45) is 6.18. The van der Waals surface area contributed by atoms with Crippen LogP contribution in [0.1, 0.15) is 18.4 Å². The van der Waals surface area contributed by atoms with Crippen molar-refractivity contribution in [3.63, 3.8) is 0 Å². The molecule has 1 aliphatic carbocycles. The highest BCUT2D eigenvalue weighted by Crippen LogP contribution is 2.30. The van der Waals surface area contributed by atoms with Crippen LogP contribution in [0.25, 0.3) is 0 Å². The van der Waals surface area contributed by atoms with Crippen LogP contribution in [0.15, 0.2) is 23.0 Å². The van der Waals surface area contributed by atoms with Gasteiger partial charge in [-0.05, 0) is 24.8 Å². The molecule has 0 aromatic carbocycles. The summed E-state index contributed by atoms with van der Waals surface area (Å²) in [5.74, 6) is 0.869. The average molecular weight is 195 g/mol. The monoisotopic (exact) mass is 195 g/mol. The quantitative estimate of drug-likeness (QED) is 0.747. The Morgan fingerprint density at radius 1 is 1.50 bits per heavy atom. The van der Waals surface area contributed by atoms with Gasteiger partial charge in [-0.2, -0.15) is 0 Å². The van der Waals surface area contributed by atoms with Gasteiger partial charge < -0.3 is 9.52 Å². The zero-order valence-corrected chi connectivity index (χ0v) is 8.35. The van der Waals surface area contributed by atoms with E-state index in [-0.39, 0.29) is 6.61 Å². The van der Waals surface area contributed by atoms with E-state index >= 15 is 0 Å². The number of nitrogens with zero attached hydrogens (tertiary/aromatic N) is 1. The molecule has 2 rings (SSSR count). The number of aliphatic hydroxyl groups excluding tert-OH is 1. The van der Waals surface area contributed by atoms with Gasteiger partial charge >= 0.3 is 0 Å². The topological polar surface area (TPSA) is 36.6 Å². The minimum absolute atomic E-state index is 0.241. The van der Waals surface area contributed by atoms with E-state index in [1.54, 1.807) is 12.5 Å². The molecular formula is C11H17NO2. The Hall–Kier alpha value is -0.800. The van der Waals surface area contributed by atoms with Crippen molar-refractivity contribution in [2.24, 2.45) is 5.92 Å². The van der Waals surface area contributed by atoms with Gasteiger partial charge in [0.15, 0.2) is 0 Å². The lowest BCUT2D eigenvalue weighted by molar-refractivity contribution is 0.184. The third-order valence-corrected chi connectivity index (χ3v) is 2.62. The fraction of sp³-hybridized carbons (Fsp3) is 0.636. The molecule has 78 valence electrons.